The summed E-state index contributed by atoms with van der Waals surface area (Å²) in [5, 5.41) is 10.1. The van der Waals surface area contributed by atoms with E-state index in [0.29, 0.717) is 52.8 Å². The Morgan fingerprint density at radius 2 is 1.78 bits per heavy atom. The minimum atomic E-state index is -4.76. The zero-order valence-electron chi connectivity index (χ0n) is 23.2. The third-order valence-electron chi connectivity index (χ3n) is 6.84. The fourth-order valence-corrected chi connectivity index (χ4v) is 8.01. The van der Waals surface area contributed by atoms with Crippen LogP contribution in [0.15, 0.2) is 46.9 Å². The molecule has 1 aliphatic heterocycles. The molecule has 1 aliphatic rings. The van der Waals surface area contributed by atoms with Crippen LogP contribution in [-0.4, -0.2) is 73.6 Å². The number of alkyl halides is 3. The highest BCUT2D eigenvalue weighted by Gasteiger charge is 2.40. The van der Waals surface area contributed by atoms with Crippen LogP contribution in [0, 0.1) is 0 Å². The third kappa shape index (κ3) is 8.09. The summed E-state index contributed by atoms with van der Waals surface area (Å²) in [6.07, 6.45) is -5.78. The minimum Gasteiger partial charge on any atom is -0.422 e. The molecule has 45 heavy (non-hydrogen) atoms. The van der Waals surface area contributed by atoms with Gasteiger partial charge in [0.1, 0.15) is 10.8 Å². The SMILES string of the molecule is NS(=O)(=O)NCc1nnc(C(c2nc3ccc(-c4cccc(C(=O)N5CCC(=O)CC5)c4)cc3s2)S(=O)(=O)CCC(F)(F)F)o1. The molecule has 3 N–H and O–H groups in total. The van der Waals surface area contributed by atoms with E-state index in [1.54, 1.807) is 47.4 Å². The lowest BCUT2D eigenvalue weighted by Crippen LogP contribution is -2.38. The van der Waals surface area contributed by atoms with E-state index in [4.69, 9.17) is 9.56 Å². The van der Waals surface area contributed by atoms with Crippen LogP contribution in [0.25, 0.3) is 21.3 Å². The van der Waals surface area contributed by atoms with Crippen LogP contribution in [0.5, 0.6) is 0 Å². The summed E-state index contributed by atoms with van der Waals surface area (Å²) in [6.45, 7) is 0.102. The van der Waals surface area contributed by atoms with Crippen molar-refractivity contribution in [1.29, 1.82) is 0 Å². The van der Waals surface area contributed by atoms with Crippen molar-refractivity contribution in [1.82, 2.24) is 24.8 Å². The third-order valence-corrected chi connectivity index (χ3v) is 10.5. The first-order valence-electron chi connectivity index (χ1n) is 13.3. The lowest BCUT2D eigenvalue weighted by Gasteiger charge is -2.26. The van der Waals surface area contributed by atoms with Gasteiger partial charge in [-0.15, -0.1) is 21.5 Å². The minimum absolute atomic E-state index is 0.110. The van der Waals surface area contributed by atoms with Gasteiger partial charge in [-0.1, -0.05) is 18.2 Å². The van der Waals surface area contributed by atoms with Crippen LogP contribution in [0.2, 0.25) is 0 Å². The van der Waals surface area contributed by atoms with Gasteiger partial charge < -0.3 is 9.32 Å². The monoisotopic (exact) mass is 686 g/mol. The van der Waals surface area contributed by atoms with Crippen molar-refractivity contribution in [3.63, 3.8) is 0 Å². The van der Waals surface area contributed by atoms with Crippen LogP contribution in [0.1, 0.15) is 51.7 Å². The van der Waals surface area contributed by atoms with Gasteiger partial charge in [0.2, 0.25) is 11.8 Å². The number of nitrogens with two attached hydrogens (primary N) is 1. The molecular weight excluding hydrogens is 662 g/mol. The summed E-state index contributed by atoms with van der Waals surface area (Å²) in [5.74, 6) is -2.35. The number of carbonyl (C=O) groups is 2. The number of rotatable bonds is 10. The number of hydrogen-bond acceptors (Lipinski definition) is 11. The maximum atomic E-state index is 13.3. The van der Waals surface area contributed by atoms with Crippen LogP contribution in [-0.2, 0) is 31.4 Å². The molecule has 13 nitrogen and oxygen atoms in total. The first-order valence-corrected chi connectivity index (χ1v) is 17.4. The van der Waals surface area contributed by atoms with Gasteiger partial charge in [-0.2, -0.15) is 26.3 Å². The number of Topliss-reactive ketones (excluding diaryl/α,β-unsaturated/α-hetero) is 1. The number of benzene rings is 2. The van der Waals surface area contributed by atoms with Crippen molar-refractivity contribution < 1.29 is 44.0 Å². The molecule has 0 radical (unpaired) electrons. The van der Waals surface area contributed by atoms with Gasteiger partial charge in [0.05, 0.1) is 28.9 Å². The number of nitrogens with one attached hydrogen (secondary N) is 1. The fraction of sp³-hybridized carbons (Fsp3) is 0.346. The summed E-state index contributed by atoms with van der Waals surface area (Å²) >= 11 is 0.892. The molecular formula is C26H25F3N6O7S3. The van der Waals surface area contributed by atoms with Gasteiger partial charge in [-0.25, -0.2) is 18.5 Å². The van der Waals surface area contributed by atoms with E-state index in [-0.39, 0.29) is 22.6 Å². The van der Waals surface area contributed by atoms with E-state index >= 15 is 0 Å². The Morgan fingerprint density at radius 1 is 1.07 bits per heavy atom. The van der Waals surface area contributed by atoms with Crippen LogP contribution in [0.3, 0.4) is 0 Å². The average molecular weight is 687 g/mol. The molecule has 240 valence electrons. The summed E-state index contributed by atoms with van der Waals surface area (Å²) < 4.78 is 95.7. The highest BCUT2D eigenvalue weighted by atomic mass is 32.2. The number of halogens is 3. The van der Waals surface area contributed by atoms with Crippen molar-refractivity contribution >= 4 is 53.3 Å². The van der Waals surface area contributed by atoms with E-state index in [0.717, 1.165) is 11.3 Å². The zero-order valence-corrected chi connectivity index (χ0v) is 25.6. The summed E-state index contributed by atoms with van der Waals surface area (Å²) in [5.41, 5.74) is 2.10. The number of nitrogens with zero attached hydrogens (tertiary/aromatic N) is 4. The van der Waals surface area contributed by atoms with Crippen molar-refractivity contribution in [3.8, 4) is 11.1 Å². The van der Waals surface area contributed by atoms with E-state index in [1.165, 1.54) is 0 Å². The molecule has 19 heteroatoms. The molecule has 1 saturated heterocycles. The highest BCUT2D eigenvalue weighted by Crippen LogP contribution is 2.38. The lowest BCUT2D eigenvalue weighted by atomic mass is 10.0. The van der Waals surface area contributed by atoms with Crippen molar-refractivity contribution in [2.45, 2.75) is 37.2 Å². The smallest absolute Gasteiger partial charge is 0.390 e. The van der Waals surface area contributed by atoms with Gasteiger partial charge in [0, 0.05) is 31.5 Å². The first kappa shape index (κ1) is 32.6. The molecule has 5 rings (SSSR count). The first-order chi connectivity index (χ1) is 21.1. The molecule has 1 amide bonds. The van der Waals surface area contributed by atoms with Crippen LogP contribution >= 0.6 is 11.3 Å². The summed E-state index contributed by atoms with van der Waals surface area (Å²) in [7, 11) is -8.79. The van der Waals surface area contributed by atoms with Crippen molar-refractivity contribution in [3.05, 3.63) is 64.8 Å². The maximum Gasteiger partial charge on any atom is 0.390 e. The Hall–Kier alpha value is -3.78. The zero-order chi connectivity index (χ0) is 32.6. The van der Waals surface area contributed by atoms with E-state index in [1.807, 2.05) is 4.72 Å². The van der Waals surface area contributed by atoms with E-state index in [2.05, 4.69) is 15.2 Å². The van der Waals surface area contributed by atoms with Crippen molar-refractivity contribution in [2.24, 2.45) is 5.14 Å². The number of sulfone groups is 1. The quantitative estimate of drug-likeness (QED) is 0.250. The number of thiazole rings is 1. The molecule has 3 heterocycles. The second-order valence-electron chi connectivity index (χ2n) is 10.2. The Kier molecular flexibility index (Phi) is 9.09. The molecule has 1 fully saturated rings. The largest absolute Gasteiger partial charge is 0.422 e. The summed E-state index contributed by atoms with van der Waals surface area (Å²) in [6, 6.07) is 11.9. The number of carbonyl (C=O) groups excluding carboxylic acids is 2. The Morgan fingerprint density at radius 3 is 2.47 bits per heavy atom. The number of hydrogen-bond donors (Lipinski definition) is 2. The van der Waals surface area contributed by atoms with Gasteiger partial charge in [-0.3, -0.25) is 9.59 Å². The van der Waals surface area contributed by atoms with Gasteiger partial charge >= 0.3 is 6.18 Å². The topological polar surface area (TPSA) is 196 Å². The average Bonchev–Trinajstić information content (AvgIpc) is 3.61. The molecule has 1 atom stereocenters. The standard InChI is InChI=1S/C26H25F3N6O7S3/c27-26(28,29)8-11-44(38,39)22(23-34-33-21(42-23)14-31-45(30,40)41)24-32-19-5-4-16(13-20(19)43-24)15-2-1-3-17(12-15)25(37)35-9-6-18(36)7-10-35/h1-5,12-13,22,31H,6-11,14H2,(H2,30,40,41). The normalized spacial score (nSPS) is 15.5. The molecule has 4 aromatic rings. The second-order valence-corrected chi connectivity index (χ2v) is 14.8. The van der Waals surface area contributed by atoms with Gasteiger partial charge in [-0.05, 0) is 35.4 Å². The molecule has 2 aromatic heterocycles. The number of fused-ring (bicyclic) bond motifs is 1. The Bertz CT molecular complexity index is 1970. The number of aromatic nitrogens is 3. The van der Waals surface area contributed by atoms with Gasteiger partial charge in [0.15, 0.2) is 15.1 Å². The Labute approximate surface area is 258 Å². The van der Waals surface area contributed by atoms with E-state index < -0.39 is 56.1 Å². The number of amides is 1. The number of likely N-dealkylation sites (tertiary alicyclic amines) is 1. The second kappa shape index (κ2) is 12.5. The number of ketones is 1. The Balaban J connectivity index is 1.47. The molecule has 0 saturated carbocycles. The molecule has 1 unspecified atom stereocenters. The van der Waals surface area contributed by atoms with E-state index in [9.17, 15) is 39.6 Å². The summed E-state index contributed by atoms with van der Waals surface area (Å²) in [4.78, 5) is 30.6. The van der Waals surface area contributed by atoms with Crippen LogP contribution in [0.4, 0.5) is 13.2 Å². The van der Waals surface area contributed by atoms with Crippen molar-refractivity contribution in [2.75, 3.05) is 18.8 Å². The predicted molar refractivity (Wildman–Crippen MR) is 156 cm³/mol. The highest BCUT2D eigenvalue weighted by molar-refractivity contribution is 7.92. The fourth-order valence-electron chi connectivity index (χ4n) is 4.60. The molecule has 0 bridgehead atoms. The maximum absolute atomic E-state index is 13.3. The van der Waals surface area contributed by atoms with Gasteiger partial charge in [0.25, 0.3) is 16.1 Å². The number of piperidine rings is 1. The lowest BCUT2D eigenvalue weighted by molar-refractivity contribution is -0.130. The molecule has 2 aromatic carbocycles. The predicted octanol–water partition coefficient (Wildman–Crippen LogP) is 2.90. The van der Waals surface area contributed by atoms with Crippen LogP contribution < -0.4 is 9.86 Å². The molecule has 0 aliphatic carbocycles. The molecule has 0 spiro atoms.